The van der Waals surface area contributed by atoms with Gasteiger partial charge in [-0.3, -0.25) is 9.10 Å². The Hall–Kier alpha value is -3.07. The summed E-state index contributed by atoms with van der Waals surface area (Å²) in [5.41, 5.74) is 3.28. The van der Waals surface area contributed by atoms with E-state index in [0.717, 1.165) is 10.6 Å². The van der Waals surface area contributed by atoms with Crippen LogP contribution in [0.5, 0.6) is 11.5 Å². The van der Waals surface area contributed by atoms with Gasteiger partial charge in [-0.1, -0.05) is 18.2 Å². The summed E-state index contributed by atoms with van der Waals surface area (Å²) in [5, 5.41) is 13.5. The number of hydrogen-bond donors (Lipinski definition) is 2. The predicted molar refractivity (Wildman–Crippen MR) is 104 cm³/mol. The van der Waals surface area contributed by atoms with E-state index in [1.807, 2.05) is 0 Å². The highest BCUT2D eigenvalue weighted by molar-refractivity contribution is 7.92. The zero-order valence-electron chi connectivity index (χ0n) is 15.0. The Morgan fingerprint density at radius 3 is 2.59 bits per heavy atom. The van der Waals surface area contributed by atoms with Crippen LogP contribution in [0.3, 0.4) is 0 Å². The third-order valence-corrected chi connectivity index (χ3v) is 4.56. The van der Waals surface area contributed by atoms with Crippen LogP contribution in [-0.4, -0.2) is 45.1 Å². The first-order chi connectivity index (χ1) is 12.8. The van der Waals surface area contributed by atoms with Crippen molar-refractivity contribution in [2.24, 2.45) is 5.10 Å². The van der Waals surface area contributed by atoms with Gasteiger partial charge in [0.25, 0.3) is 5.91 Å². The lowest BCUT2D eigenvalue weighted by Crippen LogP contribution is -2.38. The molecule has 0 spiro atoms. The Morgan fingerprint density at radius 1 is 1.26 bits per heavy atom. The lowest BCUT2D eigenvalue weighted by molar-refractivity contribution is -0.119. The van der Waals surface area contributed by atoms with Crippen molar-refractivity contribution in [1.29, 1.82) is 0 Å². The molecule has 0 heterocycles. The molecule has 0 fully saturated rings. The van der Waals surface area contributed by atoms with Gasteiger partial charge in [0.05, 0.1) is 24.8 Å². The topological polar surface area (TPSA) is 108 Å². The number of phenolic OH excluding ortho intramolecular Hbond substituents is 1. The molecule has 8 nitrogen and oxygen atoms in total. The van der Waals surface area contributed by atoms with Gasteiger partial charge in [-0.15, -0.1) is 0 Å². The lowest BCUT2D eigenvalue weighted by atomic mass is 10.2. The number of sulfonamides is 1. The van der Waals surface area contributed by atoms with Crippen molar-refractivity contribution < 1.29 is 23.1 Å². The number of amides is 1. The Bertz CT molecular complexity index is 914. The largest absolute Gasteiger partial charge is 0.504 e. The number of hydrogen-bond acceptors (Lipinski definition) is 6. The highest BCUT2D eigenvalue weighted by Gasteiger charge is 2.20. The van der Waals surface area contributed by atoms with E-state index < -0.39 is 22.5 Å². The fraction of sp³-hybridized carbons (Fsp3) is 0.222. The molecule has 0 aliphatic heterocycles. The third-order valence-electron chi connectivity index (χ3n) is 3.42. The van der Waals surface area contributed by atoms with Crippen molar-refractivity contribution in [3.05, 3.63) is 54.1 Å². The molecule has 0 saturated carbocycles. The van der Waals surface area contributed by atoms with Gasteiger partial charge in [0, 0.05) is 0 Å². The van der Waals surface area contributed by atoms with Crippen LogP contribution in [0.15, 0.2) is 53.6 Å². The zero-order chi connectivity index (χ0) is 19.9. The van der Waals surface area contributed by atoms with E-state index >= 15 is 0 Å². The van der Waals surface area contributed by atoms with Gasteiger partial charge in [-0.05, 0) is 42.8 Å². The number of phenols is 1. The number of para-hydroxylation sites is 1. The van der Waals surface area contributed by atoms with E-state index in [0.29, 0.717) is 23.6 Å². The standard InChI is InChI=1S/C18H21N3O5S/c1-3-26-17-11-14(9-10-16(17)22)12-19-20-18(23)13-21(27(2,24)25)15-7-5-4-6-8-15/h4-12,22H,3,13H2,1-2H3,(H,20,23)/b19-12-. The Kier molecular flexibility index (Phi) is 6.78. The third kappa shape index (κ3) is 6.00. The van der Waals surface area contributed by atoms with Crippen LogP contribution in [0.1, 0.15) is 12.5 Å². The van der Waals surface area contributed by atoms with Gasteiger partial charge in [0.1, 0.15) is 6.54 Å². The number of carbonyl (C=O) groups is 1. The summed E-state index contributed by atoms with van der Waals surface area (Å²) in [7, 11) is -3.63. The number of nitrogens with zero attached hydrogens (tertiary/aromatic N) is 2. The Labute approximate surface area is 158 Å². The van der Waals surface area contributed by atoms with Gasteiger partial charge in [-0.2, -0.15) is 5.10 Å². The number of ether oxygens (including phenoxy) is 1. The highest BCUT2D eigenvalue weighted by atomic mass is 32.2. The maximum absolute atomic E-state index is 12.1. The maximum Gasteiger partial charge on any atom is 0.260 e. The highest BCUT2D eigenvalue weighted by Crippen LogP contribution is 2.26. The number of carbonyl (C=O) groups excluding carboxylic acids is 1. The van der Waals surface area contributed by atoms with E-state index in [9.17, 15) is 18.3 Å². The van der Waals surface area contributed by atoms with E-state index in [4.69, 9.17) is 4.74 Å². The number of anilines is 1. The first-order valence-corrected chi connectivity index (χ1v) is 9.96. The van der Waals surface area contributed by atoms with Crippen LogP contribution >= 0.6 is 0 Å². The number of hydrazone groups is 1. The Balaban J connectivity index is 2.04. The van der Waals surface area contributed by atoms with Gasteiger partial charge >= 0.3 is 0 Å². The molecule has 27 heavy (non-hydrogen) atoms. The SMILES string of the molecule is CCOc1cc(/C=N\NC(=O)CN(c2ccccc2)S(C)(=O)=O)ccc1O. The number of benzene rings is 2. The summed E-state index contributed by atoms with van der Waals surface area (Å²) in [5.74, 6) is -0.283. The summed E-state index contributed by atoms with van der Waals surface area (Å²) in [6.07, 6.45) is 2.40. The van der Waals surface area contributed by atoms with Crippen LogP contribution in [-0.2, 0) is 14.8 Å². The average molecular weight is 391 g/mol. The monoisotopic (exact) mass is 391 g/mol. The smallest absolute Gasteiger partial charge is 0.260 e. The van der Waals surface area contributed by atoms with Crippen LogP contribution in [0.25, 0.3) is 0 Å². The summed E-state index contributed by atoms with van der Waals surface area (Å²) in [6.45, 7) is 1.78. The summed E-state index contributed by atoms with van der Waals surface area (Å²) < 4.78 is 30.2. The molecule has 0 aliphatic rings. The van der Waals surface area contributed by atoms with E-state index in [1.165, 1.54) is 12.3 Å². The van der Waals surface area contributed by atoms with E-state index in [1.54, 1.807) is 49.4 Å². The Morgan fingerprint density at radius 2 is 1.96 bits per heavy atom. The summed E-state index contributed by atoms with van der Waals surface area (Å²) >= 11 is 0. The van der Waals surface area contributed by atoms with E-state index in [2.05, 4.69) is 10.5 Å². The summed E-state index contributed by atoms with van der Waals surface area (Å²) in [6, 6.07) is 12.9. The second kappa shape index (κ2) is 9.04. The van der Waals surface area contributed by atoms with Crippen molar-refractivity contribution >= 4 is 27.8 Å². The predicted octanol–water partition coefficient (Wildman–Crippen LogP) is 1.71. The fourth-order valence-corrected chi connectivity index (χ4v) is 3.08. The maximum atomic E-state index is 12.1. The van der Waals surface area contributed by atoms with Crippen LogP contribution in [0.4, 0.5) is 5.69 Å². The van der Waals surface area contributed by atoms with Crippen molar-refractivity contribution in [1.82, 2.24) is 5.43 Å². The molecular formula is C18H21N3O5S. The van der Waals surface area contributed by atoms with Gasteiger partial charge in [-0.25, -0.2) is 13.8 Å². The molecule has 144 valence electrons. The number of aromatic hydroxyl groups is 1. The molecule has 0 saturated heterocycles. The fourth-order valence-electron chi connectivity index (χ4n) is 2.22. The lowest BCUT2D eigenvalue weighted by Gasteiger charge is -2.21. The molecule has 1 amide bonds. The van der Waals surface area contributed by atoms with E-state index in [-0.39, 0.29) is 5.75 Å². The second-order valence-electron chi connectivity index (χ2n) is 5.56. The molecule has 0 bridgehead atoms. The van der Waals surface area contributed by atoms with Crippen molar-refractivity contribution in [2.45, 2.75) is 6.92 Å². The van der Waals surface area contributed by atoms with Crippen molar-refractivity contribution in [3.8, 4) is 11.5 Å². The minimum Gasteiger partial charge on any atom is -0.504 e. The van der Waals surface area contributed by atoms with Crippen LogP contribution < -0.4 is 14.5 Å². The number of rotatable bonds is 8. The quantitative estimate of drug-likeness (QED) is 0.526. The molecule has 0 aromatic heterocycles. The minimum absolute atomic E-state index is 0.00434. The zero-order valence-corrected chi connectivity index (χ0v) is 15.8. The molecular weight excluding hydrogens is 370 g/mol. The molecule has 0 radical (unpaired) electrons. The second-order valence-corrected chi connectivity index (χ2v) is 7.47. The normalized spacial score (nSPS) is 11.3. The van der Waals surface area contributed by atoms with Gasteiger partial charge in [0.2, 0.25) is 10.0 Å². The van der Waals surface area contributed by atoms with Crippen LogP contribution in [0, 0.1) is 0 Å². The van der Waals surface area contributed by atoms with Gasteiger partial charge in [0.15, 0.2) is 11.5 Å². The first-order valence-electron chi connectivity index (χ1n) is 8.11. The molecule has 2 rings (SSSR count). The molecule has 2 aromatic rings. The molecule has 2 aromatic carbocycles. The minimum atomic E-state index is -3.63. The molecule has 0 atom stereocenters. The summed E-state index contributed by atoms with van der Waals surface area (Å²) in [4.78, 5) is 12.1. The van der Waals surface area contributed by atoms with Gasteiger partial charge < -0.3 is 9.84 Å². The average Bonchev–Trinajstić information content (AvgIpc) is 2.62. The molecule has 2 N–H and O–H groups in total. The first kappa shape index (κ1) is 20.2. The van der Waals surface area contributed by atoms with Crippen molar-refractivity contribution in [3.63, 3.8) is 0 Å². The number of nitrogens with one attached hydrogen (secondary N) is 1. The molecule has 0 unspecified atom stereocenters. The molecule has 9 heteroatoms. The van der Waals surface area contributed by atoms with Crippen molar-refractivity contribution in [2.75, 3.05) is 23.7 Å². The molecule has 0 aliphatic carbocycles. The van der Waals surface area contributed by atoms with Crippen LogP contribution in [0.2, 0.25) is 0 Å².